The van der Waals surface area contributed by atoms with Gasteiger partial charge in [-0.3, -0.25) is 14.4 Å². The van der Waals surface area contributed by atoms with Gasteiger partial charge in [0.2, 0.25) is 0 Å². The van der Waals surface area contributed by atoms with Gasteiger partial charge in [0.1, 0.15) is 5.78 Å². The van der Waals surface area contributed by atoms with Crippen LogP contribution in [0.3, 0.4) is 0 Å². The van der Waals surface area contributed by atoms with E-state index in [0.29, 0.717) is 19.0 Å². The number of hydrogen-bond acceptors (Lipinski definition) is 5. The van der Waals surface area contributed by atoms with E-state index in [9.17, 15) is 14.4 Å². The van der Waals surface area contributed by atoms with Crippen molar-refractivity contribution in [1.29, 1.82) is 0 Å². The largest absolute Gasteiger partial charge is 0.466 e. The lowest BCUT2D eigenvalue weighted by molar-refractivity contribution is -0.141. The number of rotatable bonds is 4. The Morgan fingerprint density at radius 2 is 1.48 bits per heavy atom. The standard InChI is InChI=1S/C6H12O2.C6H10O.C4H8O2/c1-3-4-5-8-6(2)7;7-6-4-2-1-3-5-6;1-3-6-4(2)5/h3-5H2,1-2H3;1-5H2;3H2,1-2H3. The van der Waals surface area contributed by atoms with Crippen molar-refractivity contribution in [3.8, 4) is 0 Å². The third-order valence-electron chi connectivity index (χ3n) is 2.56. The molecule has 0 aliphatic heterocycles. The number of carbonyl (C=O) groups is 3. The molecule has 0 aromatic rings. The summed E-state index contributed by atoms with van der Waals surface area (Å²) in [5.74, 6) is 0.0715. The van der Waals surface area contributed by atoms with E-state index in [-0.39, 0.29) is 11.9 Å². The molecule has 21 heavy (non-hydrogen) atoms. The predicted molar refractivity (Wildman–Crippen MR) is 81.9 cm³/mol. The van der Waals surface area contributed by atoms with Crippen molar-refractivity contribution < 1.29 is 23.9 Å². The highest BCUT2D eigenvalue weighted by molar-refractivity contribution is 5.78. The summed E-state index contributed by atoms with van der Waals surface area (Å²) in [6, 6.07) is 0. The number of Topliss-reactive ketones (excluding diaryl/α,β-unsaturated/α-hetero) is 1. The summed E-state index contributed by atoms with van der Waals surface area (Å²) in [7, 11) is 0. The van der Waals surface area contributed by atoms with E-state index < -0.39 is 0 Å². The second-order valence-corrected chi connectivity index (χ2v) is 4.72. The lowest BCUT2D eigenvalue weighted by Crippen LogP contribution is -2.02. The number of unbranched alkanes of at least 4 members (excludes halogenated alkanes) is 1. The van der Waals surface area contributed by atoms with E-state index in [1.807, 2.05) is 0 Å². The number of carbonyl (C=O) groups excluding carboxylic acids is 3. The normalized spacial score (nSPS) is 13.0. The monoisotopic (exact) mass is 302 g/mol. The zero-order valence-electron chi connectivity index (χ0n) is 13.9. The third kappa shape index (κ3) is 24.1. The van der Waals surface area contributed by atoms with E-state index in [1.165, 1.54) is 20.3 Å². The van der Waals surface area contributed by atoms with Crippen molar-refractivity contribution in [2.24, 2.45) is 0 Å². The van der Waals surface area contributed by atoms with Gasteiger partial charge in [-0.25, -0.2) is 0 Å². The molecule has 1 saturated carbocycles. The molecule has 1 aliphatic rings. The molecular formula is C16H30O5. The van der Waals surface area contributed by atoms with Gasteiger partial charge < -0.3 is 9.47 Å². The summed E-state index contributed by atoms with van der Waals surface area (Å²) in [4.78, 5) is 30.4. The summed E-state index contributed by atoms with van der Waals surface area (Å²) in [5, 5.41) is 0. The molecule has 1 aliphatic carbocycles. The Morgan fingerprint density at radius 1 is 0.952 bits per heavy atom. The summed E-state index contributed by atoms with van der Waals surface area (Å²) in [5.41, 5.74) is 0. The van der Waals surface area contributed by atoms with E-state index in [1.54, 1.807) is 6.92 Å². The second kappa shape index (κ2) is 16.7. The summed E-state index contributed by atoms with van der Waals surface area (Å²) in [6.45, 7) is 7.71. The van der Waals surface area contributed by atoms with Gasteiger partial charge in [0, 0.05) is 26.7 Å². The topological polar surface area (TPSA) is 69.7 Å². The van der Waals surface area contributed by atoms with Gasteiger partial charge in [-0.2, -0.15) is 0 Å². The van der Waals surface area contributed by atoms with Crippen molar-refractivity contribution in [3.05, 3.63) is 0 Å². The Morgan fingerprint density at radius 3 is 1.71 bits per heavy atom. The van der Waals surface area contributed by atoms with Crippen LogP contribution in [0.2, 0.25) is 0 Å². The number of ether oxygens (including phenoxy) is 2. The van der Waals surface area contributed by atoms with Crippen molar-refractivity contribution >= 4 is 17.7 Å². The number of esters is 2. The van der Waals surface area contributed by atoms with Crippen LogP contribution in [-0.2, 0) is 23.9 Å². The molecule has 0 aromatic carbocycles. The zero-order valence-corrected chi connectivity index (χ0v) is 13.9. The Balaban J connectivity index is 0. The third-order valence-corrected chi connectivity index (χ3v) is 2.56. The first kappa shape index (κ1) is 21.9. The van der Waals surface area contributed by atoms with Crippen LogP contribution in [-0.4, -0.2) is 30.9 Å². The van der Waals surface area contributed by atoms with Crippen LogP contribution in [0.25, 0.3) is 0 Å². The first-order chi connectivity index (χ1) is 9.93. The maximum atomic E-state index is 10.5. The highest BCUT2D eigenvalue weighted by Crippen LogP contribution is 2.12. The minimum Gasteiger partial charge on any atom is -0.466 e. The number of hydrogen-bond donors (Lipinski definition) is 0. The van der Waals surface area contributed by atoms with Gasteiger partial charge in [-0.05, 0) is 26.2 Å². The van der Waals surface area contributed by atoms with E-state index in [4.69, 9.17) is 0 Å². The van der Waals surface area contributed by atoms with Crippen molar-refractivity contribution in [3.63, 3.8) is 0 Å². The molecule has 0 aromatic heterocycles. The van der Waals surface area contributed by atoms with Crippen LogP contribution in [0.15, 0.2) is 0 Å². The fraction of sp³-hybridized carbons (Fsp3) is 0.812. The molecule has 5 heteroatoms. The maximum absolute atomic E-state index is 10.5. The van der Waals surface area contributed by atoms with Crippen LogP contribution >= 0.6 is 0 Å². The minimum atomic E-state index is -0.211. The van der Waals surface area contributed by atoms with E-state index >= 15 is 0 Å². The molecule has 0 unspecified atom stereocenters. The Bertz CT molecular complexity index is 278. The quantitative estimate of drug-likeness (QED) is 0.587. The number of ketones is 1. The Kier molecular flexibility index (Phi) is 17.4. The molecule has 1 rings (SSSR count). The van der Waals surface area contributed by atoms with E-state index in [0.717, 1.165) is 38.5 Å². The molecule has 0 radical (unpaired) electrons. The Labute approximate surface area is 128 Å². The molecule has 0 heterocycles. The van der Waals surface area contributed by atoms with Crippen molar-refractivity contribution in [2.75, 3.05) is 13.2 Å². The van der Waals surface area contributed by atoms with Gasteiger partial charge in [0.05, 0.1) is 13.2 Å². The fourth-order valence-corrected chi connectivity index (χ4v) is 1.51. The highest BCUT2D eigenvalue weighted by atomic mass is 16.5. The summed E-state index contributed by atoms with van der Waals surface area (Å²) < 4.78 is 9.05. The average molecular weight is 302 g/mol. The zero-order chi connectivity index (χ0) is 16.5. The van der Waals surface area contributed by atoms with Crippen LogP contribution in [0.4, 0.5) is 0 Å². The Hall–Kier alpha value is -1.39. The SMILES string of the molecule is CCCCOC(C)=O.CCOC(C)=O.O=C1CCCCC1. The van der Waals surface area contributed by atoms with E-state index in [2.05, 4.69) is 16.4 Å². The molecule has 124 valence electrons. The first-order valence-corrected chi connectivity index (χ1v) is 7.72. The molecule has 0 amide bonds. The van der Waals surface area contributed by atoms with Crippen LogP contribution < -0.4 is 0 Å². The van der Waals surface area contributed by atoms with Gasteiger partial charge >= 0.3 is 11.9 Å². The molecule has 1 fully saturated rings. The minimum absolute atomic E-state index is 0.182. The summed E-state index contributed by atoms with van der Waals surface area (Å²) >= 11 is 0. The van der Waals surface area contributed by atoms with Gasteiger partial charge in [-0.15, -0.1) is 0 Å². The van der Waals surface area contributed by atoms with Gasteiger partial charge in [0.25, 0.3) is 0 Å². The van der Waals surface area contributed by atoms with Gasteiger partial charge in [-0.1, -0.05) is 19.8 Å². The second-order valence-electron chi connectivity index (χ2n) is 4.72. The lowest BCUT2D eigenvalue weighted by atomic mass is 10.00. The molecular weight excluding hydrogens is 272 g/mol. The fourth-order valence-electron chi connectivity index (χ4n) is 1.51. The molecule has 0 spiro atoms. The highest BCUT2D eigenvalue weighted by Gasteiger charge is 2.05. The molecule has 0 bridgehead atoms. The van der Waals surface area contributed by atoms with Gasteiger partial charge in [0.15, 0.2) is 0 Å². The van der Waals surface area contributed by atoms with Crippen LogP contribution in [0, 0.1) is 0 Å². The molecule has 0 N–H and O–H groups in total. The van der Waals surface area contributed by atoms with Crippen molar-refractivity contribution in [1.82, 2.24) is 0 Å². The predicted octanol–water partition coefficient (Wildman–Crippen LogP) is 3.44. The molecule has 0 atom stereocenters. The first-order valence-electron chi connectivity index (χ1n) is 7.72. The van der Waals surface area contributed by atoms with Crippen LogP contribution in [0.5, 0.6) is 0 Å². The smallest absolute Gasteiger partial charge is 0.302 e. The maximum Gasteiger partial charge on any atom is 0.302 e. The lowest BCUT2D eigenvalue weighted by Gasteiger charge is -2.05. The molecule has 5 nitrogen and oxygen atoms in total. The summed E-state index contributed by atoms with van der Waals surface area (Å²) in [6.07, 6.45) is 7.29. The average Bonchev–Trinajstić information content (AvgIpc) is 2.41. The van der Waals surface area contributed by atoms with Crippen molar-refractivity contribution in [2.45, 2.75) is 72.6 Å². The molecule has 0 saturated heterocycles. The van der Waals surface area contributed by atoms with Crippen LogP contribution in [0.1, 0.15) is 72.6 Å².